The molecule has 0 atom stereocenters. The van der Waals surface area contributed by atoms with Crippen LogP contribution in [0.3, 0.4) is 0 Å². The molecule has 0 bridgehead atoms. The molecule has 0 saturated heterocycles. The standard InChI is InChI=1S/C29H21NP2/c1-3-12-22(13-4-1)31-28-20-9-7-16-24(28)26-18-11-19-27(30-26)25-17-8-10-21-29(25)32-23-14-5-2-6-15-23/h1-21H/q-2. The van der Waals surface area contributed by atoms with E-state index >= 15 is 0 Å². The van der Waals surface area contributed by atoms with Gasteiger partial charge in [-0.05, 0) is 23.3 Å². The molecule has 0 N–H and O–H groups in total. The summed E-state index contributed by atoms with van der Waals surface area (Å²) in [5.74, 6) is 0. The predicted molar refractivity (Wildman–Crippen MR) is 140 cm³/mol. The van der Waals surface area contributed by atoms with Gasteiger partial charge in [-0.2, -0.15) is 10.6 Å². The van der Waals surface area contributed by atoms with Crippen molar-refractivity contribution in [3.63, 3.8) is 0 Å². The van der Waals surface area contributed by atoms with Crippen LogP contribution in [0.2, 0.25) is 0 Å². The maximum absolute atomic E-state index is 5.11. The summed E-state index contributed by atoms with van der Waals surface area (Å²) in [7, 11) is 2.38. The van der Waals surface area contributed by atoms with Crippen LogP contribution in [0.5, 0.6) is 0 Å². The summed E-state index contributed by atoms with van der Waals surface area (Å²) in [5, 5.41) is 5.09. The van der Waals surface area contributed by atoms with E-state index in [0.717, 1.165) is 11.4 Å². The zero-order chi connectivity index (χ0) is 21.6. The lowest BCUT2D eigenvalue weighted by atomic mass is 10.1. The second-order valence-corrected chi connectivity index (χ2v) is 9.78. The van der Waals surface area contributed by atoms with E-state index in [-0.39, 0.29) is 0 Å². The topological polar surface area (TPSA) is 12.9 Å². The molecule has 4 aromatic carbocycles. The molecule has 0 aliphatic rings. The van der Waals surface area contributed by atoms with Crippen LogP contribution in [0.4, 0.5) is 0 Å². The molecular formula is C29H21NP2-2. The number of nitrogens with zero attached hydrogens (tertiary/aromatic N) is 1. The predicted octanol–water partition coefficient (Wildman–Crippen LogP) is 6.21. The van der Waals surface area contributed by atoms with Gasteiger partial charge in [0.25, 0.3) is 0 Å². The Kier molecular flexibility index (Phi) is 6.50. The Hall–Kier alpha value is -3.11. The van der Waals surface area contributed by atoms with Gasteiger partial charge >= 0.3 is 0 Å². The Morgan fingerprint density at radius 3 is 1.25 bits per heavy atom. The minimum atomic E-state index is 1.01. The first kappa shape index (κ1) is 20.8. The van der Waals surface area contributed by atoms with Crippen molar-refractivity contribution in [3.8, 4) is 22.5 Å². The van der Waals surface area contributed by atoms with Gasteiger partial charge in [0, 0.05) is 0 Å². The fourth-order valence-corrected chi connectivity index (χ4v) is 5.73. The Morgan fingerprint density at radius 1 is 0.375 bits per heavy atom. The van der Waals surface area contributed by atoms with Crippen molar-refractivity contribution in [2.45, 2.75) is 0 Å². The van der Waals surface area contributed by atoms with E-state index in [0.29, 0.717) is 0 Å². The Labute approximate surface area is 193 Å². The summed E-state index contributed by atoms with van der Waals surface area (Å²) in [5.41, 5.74) is 4.37. The minimum absolute atomic E-state index is 1.01. The highest BCUT2D eigenvalue weighted by Crippen LogP contribution is 2.26. The van der Waals surface area contributed by atoms with Crippen LogP contribution in [-0.4, -0.2) is 4.98 Å². The van der Waals surface area contributed by atoms with E-state index in [1.807, 2.05) is 0 Å². The first-order valence-electron chi connectivity index (χ1n) is 10.6. The number of hydrogen-bond donors (Lipinski definition) is 0. The van der Waals surface area contributed by atoms with Crippen molar-refractivity contribution in [2.75, 3.05) is 0 Å². The van der Waals surface area contributed by atoms with Gasteiger partial charge < -0.3 is 17.2 Å². The average Bonchev–Trinajstić information content (AvgIpc) is 2.86. The molecule has 154 valence electrons. The number of hydrogen-bond acceptors (Lipinski definition) is 1. The smallest absolute Gasteiger partial charge is 0.0686 e. The lowest BCUT2D eigenvalue weighted by Crippen LogP contribution is -2.08. The molecule has 0 radical (unpaired) electrons. The number of rotatable bonds is 6. The SMILES string of the molecule is c1ccc([P-]c2ccccc2-c2cccc(-c3ccccc3[P-]c3ccccc3)n2)cc1. The van der Waals surface area contributed by atoms with Gasteiger partial charge in [0.05, 0.1) is 11.4 Å². The monoisotopic (exact) mass is 445 g/mol. The maximum Gasteiger partial charge on any atom is 0.0686 e. The van der Waals surface area contributed by atoms with Crippen LogP contribution >= 0.6 is 17.2 Å². The van der Waals surface area contributed by atoms with Crippen LogP contribution in [-0.2, 0) is 0 Å². The van der Waals surface area contributed by atoms with Crippen molar-refractivity contribution in [2.24, 2.45) is 0 Å². The molecule has 5 aromatic rings. The van der Waals surface area contributed by atoms with E-state index in [4.69, 9.17) is 4.98 Å². The molecule has 5 rings (SSSR count). The van der Waals surface area contributed by atoms with Crippen molar-refractivity contribution in [1.82, 2.24) is 4.98 Å². The summed E-state index contributed by atoms with van der Waals surface area (Å²) in [6, 6.07) is 44.6. The summed E-state index contributed by atoms with van der Waals surface area (Å²) in [6.07, 6.45) is 0. The highest BCUT2D eigenvalue weighted by atomic mass is 31.1. The highest BCUT2D eigenvalue weighted by Gasteiger charge is 2.05. The third kappa shape index (κ3) is 4.86. The van der Waals surface area contributed by atoms with Gasteiger partial charge in [-0.25, -0.2) is 15.6 Å². The molecule has 1 nitrogen and oxygen atoms in total. The molecule has 0 aliphatic heterocycles. The van der Waals surface area contributed by atoms with Crippen LogP contribution in [0.25, 0.3) is 22.5 Å². The normalized spacial score (nSPS) is 11.5. The van der Waals surface area contributed by atoms with Gasteiger partial charge in [-0.15, -0.1) is 0 Å². The zero-order valence-electron chi connectivity index (χ0n) is 17.5. The Balaban J connectivity index is 1.51. The average molecular weight is 445 g/mol. The number of benzene rings is 4. The van der Waals surface area contributed by atoms with Gasteiger partial charge in [0.1, 0.15) is 0 Å². The molecule has 0 spiro atoms. The molecule has 1 heterocycles. The van der Waals surface area contributed by atoms with Crippen molar-refractivity contribution >= 4 is 38.4 Å². The van der Waals surface area contributed by atoms with Gasteiger partial charge in [-0.1, -0.05) is 115 Å². The second kappa shape index (κ2) is 10.0. The molecule has 0 fully saturated rings. The summed E-state index contributed by atoms with van der Waals surface area (Å²) < 4.78 is 0. The minimum Gasteiger partial charge on any atom is -0.472 e. The van der Waals surface area contributed by atoms with Crippen molar-refractivity contribution in [1.29, 1.82) is 0 Å². The zero-order valence-corrected chi connectivity index (χ0v) is 19.3. The third-order valence-corrected chi connectivity index (χ3v) is 7.50. The lowest BCUT2D eigenvalue weighted by Gasteiger charge is -2.25. The van der Waals surface area contributed by atoms with E-state index in [1.54, 1.807) is 0 Å². The van der Waals surface area contributed by atoms with E-state index in [2.05, 4.69) is 127 Å². The van der Waals surface area contributed by atoms with E-state index in [9.17, 15) is 0 Å². The van der Waals surface area contributed by atoms with Gasteiger partial charge in [-0.3, -0.25) is 0 Å². The number of pyridine rings is 1. The lowest BCUT2D eigenvalue weighted by molar-refractivity contribution is 1.33. The summed E-state index contributed by atoms with van der Waals surface area (Å²) >= 11 is 0. The molecule has 0 unspecified atom stereocenters. The summed E-state index contributed by atoms with van der Waals surface area (Å²) in [4.78, 5) is 5.11. The fraction of sp³-hybridized carbons (Fsp3) is 0. The van der Waals surface area contributed by atoms with Crippen LogP contribution < -0.4 is 21.2 Å². The number of aromatic nitrogens is 1. The first-order valence-corrected chi connectivity index (χ1v) is 12.4. The highest BCUT2D eigenvalue weighted by molar-refractivity contribution is 7.56. The van der Waals surface area contributed by atoms with Crippen molar-refractivity contribution in [3.05, 3.63) is 127 Å². The van der Waals surface area contributed by atoms with Crippen LogP contribution in [0.1, 0.15) is 0 Å². The quantitative estimate of drug-likeness (QED) is 0.283. The Morgan fingerprint density at radius 2 is 0.781 bits per heavy atom. The van der Waals surface area contributed by atoms with Crippen LogP contribution in [0, 0.1) is 0 Å². The molecule has 32 heavy (non-hydrogen) atoms. The van der Waals surface area contributed by atoms with Gasteiger partial charge in [0.15, 0.2) is 0 Å². The fourth-order valence-electron chi connectivity index (χ4n) is 3.59. The largest absolute Gasteiger partial charge is 0.472 e. The molecular weight excluding hydrogens is 424 g/mol. The van der Waals surface area contributed by atoms with E-state index < -0.39 is 0 Å². The second-order valence-electron chi connectivity index (χ2n) is 7.34. The van der Waals surface area contributed by atoms with Crippen LogP contribution in [0.15, 0.2) is 127 Å². The third-order valence-electron chi connectivity index (χ3n) is 5.12. The first-order chi connectivity index (χ1) is 15.9. The molecule has 0 amide bonds. The van der Waals surface area contributed by atoms with Crippen molar-refractivity contribution < 1.29 is 0 Å². The summed E-state index contributed by atoms with van der Waals surface area (Å²) in [6.45, 7) is 0. The molecule has 1 aromatic heterocycles. The maximum atomic E-state index is 5.11. The van der Waals surface area contributed by atoms with E-state index in [1.165, 1.54) is 49.5 Å². The van der Waals surface area contributed by atoms with Gasteiger partial charge in [0.2, 0.25) is 0 Å². The molecule has 3 heteroatoms. The molecule has 0 saturated carbocycles. The molecule has 0 aliphatic carbocycles. The Bertz CT molecular complexity index is 1220.